The largest absolute Gasteiger partial charge is 0.507 e. The van der Waals surface area contributed by atoms with Gasteiger partial charge in [-0.2, -0.15) is 0 Å². The molecule has 1 aliphatic rings. The van der Waals surface area contributed by atoms with E-state index in [-0.39, 0.29) is 21.7 Å². The van der Waals surface area contributed by atoms with Gasteiger partial charge in [-0.25, -0.2) is 0 Å². The summed E-state index contributed by atoms with van der Waals surface area (Å²) in [5.41, 5.74) is 8.20. The van der Waals surface area contributed by atoms with Crippen LogP contribution in [0.4, 0.5) is 0 Å². The molecule has 5 rings (SSSR count). The van der Waals surface area contributed by atoms with E-state index in [1.807, 2.05) is 22.7 Å². The Hall–Kier alpha value is -2.82. The Kier molecular flexibility index (Phi) is 7.63. The van der Waals surface area contributed by atoms with Gasteiger partial charge in [-0.05, 0) is 80.8 Å². The first-order chi connectivity index (χ1) is 19.7. The topological polar surface area (TPSA) is 40.5 Å². The van der Waals surface area contributed by atoms with Crippen molar-refractivity contribution in [2.75, 3.05) is 0 Å². The molecule has 2 nitrogen and oxygen atoms in total. The zero-order valence-electron chi connectivity index (χ0n) is 28.0. The SMILES string of the molecule is CC(C)(C)c1cc(-c2cc3c(s2)C=CCc2sc(-c4cc(C(C)(C)C)c(O)c(C(C)(C)C)c4)cc2-3)cc(C(C)(C)C)c1O. The van der Waals surface area contributed by atoms with Crippen LogP contribution in [0.2, 0.25) is 0 Å². The lowest BCUT2D eigenvalue weighted by Crippen LogP contribution is -2.17. The van der Waals surface area contributed by atoms with Gasteiger partial charge < -0.3 is 10.2 Å². The Morgan fingerprint density at radius 3 is 1.28 bits per heavy atom. The summed E-state index contributed by atoms with van der Waals surface area (Å²) in [5.74, 6) is 0.845. The molecule has 0 radical (unpaired) electrons. The number of hydrogen-bond donors (Lipinski definition) is 2. The molecule has 0 fully saturated rings. The fourth-order valence-corrected chi connectivity index (χ4v) is 8.17. The van der Waals surface area contributed by atoms with Crippen molar-refractivity contribution < 1.29 is 10.2 Å². The molecule has 228 valence electrons. The second-order valence-electron chi connectivity index (χ2n) is 16.3. The van der Waals surface area contributed by atoms with Crippen LogP contribution in [0.15, 0.2) is 42.5 Å². The van der Waals surface area contributed by atoms with Crippen LogP contribution in [-0.2, 0) is 28.1 Å². The predicted molar refractivity (Wildman–Crippen MR) is 189 cm³/mol. The van der Waals surface area contributed by atoms with Gasteiger partial charge in [-0.15, -0.1) is 22.7 Å². The molecule has 2 aromatic carbocycles. The van der Waals surface area contributed by atoms with Gasteiger partial charge in [0.05, 0.1) is 0 Å². The molecule has 2 aromatic heterocycles. The van der Waals surface area contributed by atoms with Crippen molar-refractivity contribution in [3.05, 3.63) is 74.5 Å². The van der Waals surface area contributed by atoms with Crippen LogP contribution in [0.1, 0.15) is 115 Å². The number of phenols is 2. The summed E-state index contributed by atoms with van der Waals surface area (Å²) >= 11 is 3.70. The highest BCUT2D eigenvalue weighted by atomic mass is 32.1. The minimum Gasteiger partial charge on any atom is -0.507 e. The minimum atomic E-state index is -0.175. The first-order valence-electron chi connectivity index (χ1n) is 15.4. The van der Waals surface area contributed by atoms with Gasteiger partial charge in [0, 0.05) is 53.7 Å². The molecule has 0 saturated carbocycles. The zero-order chi connectivity index (χ0) is 31.9. The fourth-order valence-electron chi connectivity index (χ4n) is 5.95. The van der Waals surface area contributed by atoms with E-state index in [4.69, 9.17) is 0 Å². The molecule has 1 aliphatic carbocycles. The summed E-state index contributed by atoms with van der Waals surface area (Å²) in [4.78, 5) is 5.11. The Labute approximate surface area is 267 Å². The highest BCUT2D eigenvalue weighted by Crippen LogP contribution is 2.49. The van der Waals surface area contributed by atoms with Crippen molar-refractivity contribution in [2.24, 2.45) is 0 Å². The summed E-state index contributed by atoms with van der Waals surface area (Å²) in [6.07, 6.45) is 5.48. The second-order valence-corrected chi connectivity index (χ2v) is 18.5. The lowest BCUT2D eigenvalue weighted by Gasteiger charge is -2.28. The average molecular weight is 613 g/mol. The number of hydrogen-bond acceptors (Lipinski definition) is 4. The van der Waals surface area contributed by atoms with Gasteiger partial charge in [0.25, 0.3) is 0 Å². The van der Waals surface area contributed by atoms with E-state index < -0.39 is 0 Å². The monoisotopic (exact) mass is 612 g/mol. The third-order valence-electron chi connectivity index (χ3n) is 8.45. The van der Waals surface area contributed by atoms with E-state index in [0.29, 0.717) is 11.5 Å². The Balaban J connectivity index is 1.67. The van der Waals surface area contributed by atoms with E-state index in [1.165, 1.54) is 41.8 Å². The summed E-state index contributed by atoms with van der Waals surface area (Å²) in [6, 6.07) is 13.5. The van der Waals surface area contributed by atoms with Crippen LogP contribution < -0.4 is 0 Å². The van der Waals surface area contributed by atoms with Crippen LogP contribution in [0, 0.1) is 0 Å². The first-order valence-corrected chi connectivity index (χ1v) is 17.0. The number of thiophene rings is 2. The van der Waals surface area contributed by atoms with Crippen molar-refractivity contribution in [1.82, 2.24) is 0 Å². The molecule has 4 aromatic rings. The van der Waals surface area contributed by atoms with Gasteiger partial charge in [-0.3, -0.25) is 0 Å². The molecule has 0 atom stereocenters. The smallest absolute Gasteiger partial charge is 0.123 e. The number of allylic oxidation sites excluding steroid dienone is 1. The molecule has 43 heavy (non-hydrogen) atoms. The van der Waals surface area contributed by atoms with E-state index in [9.17, 15) is 10.2 Å². The number of rotatable bonds is 2. The highest BCUT2D eigenvalue weighted by Gasteiger charge is 2.30. The number of phenolic OH excluding ortho intramolecular Hbond substituents is 2. The number of aromatic hydroxyl groups is 2. The predicted octanol–water partition coefficient (Wildman–Crippen LogP) is 12.0. The minimum absolute atomic E-state index is 0.172. The van der Waals surface area contributed by atoms with Crippen molar-refractivity contribution in [1.29, 1.82) is 0 Å². The summed E-state index contributed by atoms with van der Waals surface area (Å²) < 4.78 is 0. The zero-order valence-corrected chi connectivity index (χ0v) is 29.7. The van der Waals surface area contributed by atoms with Crippen LogP contribution in [-0.4, -0.2) is 10.2 Å². The van der Waals surface area contributed by atoms with E-state index in [2.05, 4.69) is 132 Å². The second kappa shape index (κ2) is 10.4. The third-order valence-corrected chi connectivity index (χ3v) is 10.8. The molecular formula is C39H48O2S2. The summed E-state index contributed by atoms with van der Waals surface area (Å²) in [6.45, 7) is 26.1. The van der Waals surface area contributed by atoms with E-state index in [0.717, 1.165) is 28.7 Å². The van der Waals surface area contributed by atoms with E-state index >= 15 is 0 Å². The molecule has 0 aliphatic heterocycles. The quantitative estimate of drug-likeness (QED) is 0.236. The van der Waals surface area contributed by atoms with Crippen molar-refractivity contribution in [3.8, 4) is 43.5 Å². The lowest BCUT2D eigenvalue weighted by molar-refractivity contribution is 0.422. The van der Waals surface area contributed by atoms with Gasteiger partial charge in [0.2, 0.25) is 0 Å². The molecule has 0 bridgehead atoms. The summed E-state index contributed by atoms with van der Waals surface area (Å²) in [5, 5.41) is 22.6. The summed E-state index contributed by atoms with van der Waals surface area (Å²) in [7, 11) is 0. The number of benzene rings is 2. The van der Waals surface area contributed by atoms with Crippen LogP contribution in [0.25, 0.3) is 38.1 Å². The highest BCUT2D eigenvalue weighted by molar-refractivity contribution is 7.17. The van der Waals surface area contributed by atoms with Crippen molar-refractivity contribution >= 4 is 28.7 Å². The van der Waals surface area contributed by atoms with Crippen molar-refractivity contribution in [3.63, 3.8) is 0 Å². The Morgan fingerprint density at radius 1 is 0.512 bits per heavy atom. The van der Waals surface area contributed by atoms with Gasteiger partial charge in [0.1, 0.15) is 11.5 Å². The van der Waals surface area contributed by atoms with E-state index in [1.54, 1.807) is 0 Å². The Morgan fingerprint density at radius 2 is 0.884 bits per heavy atom. The molecule has 0 saturated heterocycles. The van der Waals surface area contributed by atoms with Crippen LogP contribution >= 0.6 is 22.7 Å². The van der Waals surface area contributed by atoms with Gasteiger partial charge >= 0.3 is 0 Å². The molecular weight excluding hydrogens is 565 g/mol. The molecule has 4 heteroatoms. The van der Waals surface area contributed by atoms with Gasteiger partial charge in [-0.1, -0.05) is 89.2 Å². The first kappa shape index (κ1) is 31.6. The standard InChI is InChI=1S/C39H48O2S2/c1-36(2,3)26-16-22(17-27(34(26)40)37(4,5)6)32-20-24-25-21-33(43-31(25)15-13-14-30(24)42-32)23-18-28(38(7,8)9)35(41)29(19-23)39(10,11)12/h13-14,16-21,40-41H,15H2,1-12H3. The lowest BCUT2D eigenvalue weighted by atomic mass is 9.78. The number of fused-ring (bicyclic) bond motifs is 3. The molecule has 0 spiro atoms. The maximum atomic E-state index is 11.3. The van der Waals surface area contributed by atoms with Crippen LogP contribution in [0.3, 0.4) is 0 Å². The average Bonchev–Trinajstić information content (AvgIpc) is 3.42. The molecule has 2 heterocycles. The van der Waals surface area contributed by atoms with Crippen LogP contribution in [0.5, 0.6) is 11.5 Å². The third kappa shape index (κ3) is 5.98. The maximum Gasteiger partial charge on any atom is 0.123 e. The van der Waals surface area contributed by atoms with Gasteiger partial charge in [0.15, 0.2) is 0 Å². The maximum absolute atomic E-state index is 11.3. The van der Waals surface area contributed by atoms with Crippen molar-refractivity contribution in [2.45, 2.75) is 111 Å². The Bertz CT molecular complexity index is 1660. The molecule has 0 amide bonds. The normalized spacial score (nSPS) is 14.0. The molecule has 2 N–H and O–H groups in total. The molecule has 0 unspecified atom stereocenters. The fraction of sp³-hybridized carbons (Fsp3) is 0.436.